The molecule has 5 rings (SSSR count). The zero-order chi connectivity index (χ0) is 21.6. The molecule has 186 valence electrons. The molecule has 0 bridgehead atoms. The monoisotopic (exact) mass is 577 g/mol. The molecule has 9 unspecified atom stereocenters. The van der Waals surface area contributed by atoms with Crippen LogP contribution >= 0.6 is 17.0 Å². The second-order valence-corrected chi connectivity index (χ2v) is 21.3. The van der Waals surface area contributed by atoms with E-state index in [0.29, 0.717) is 0 Å². The van der Waals surface area contributed by atoms with E-state index in [9.17, 15) is 0 Å². The molecule has 0 spiro atoms. The van der Waals surface area contributed by atoms with Crippen molar-refractivity contribution in [2.75, 3.05) is 7.05 Å². The molecule has 0 aromatic heterocycles. The Labute approximate surface area is 221 Å². The van der Waals surface area contributed by atoms with Crippen molar-refractivity contribution in [2.24, 2.45) is 35.5 Å². The standard InChI is InChI=1S/C25H45NSi.2CH3.2ClH.Zr/c1-16-14-17(2)23-21(15-16)22-24(26(23)3)19-12-8-9-13-20(19)25(22)27(4,5)18-10-6-7-11-18;;;;;/h16-25H,6-15H2,1-5H3;2*1H3;2*1H;/q;2*-1;;;+4/p-2. The van der Waals surface area contributed by atoms with Crippen LogP contribution in [-0.2, 0) is 20.8 Å². The van der Waals surface area contributed by atoms with Crippen LogP contribution in [0.5, 0.6) is 0 Å². The second-order valence-electron chi connectivity index (χ2n) is 12.5. The molecule has 0 amide bonds. The minimum absolute atomic E-state index is 0. The molecule has 1 saturated heterocycles. The molecule has 4 aliphatic carbocycles. The summed E-state index contributed by atoms with van der Waals surface area (Å²) >= 11 is -0.826. The fraction of sp³-hybridized carbons (Fsp3) is 0.926. The van der Waals surface area contributed by atoms with Crippen molar-refractivity contribution in [3.8, 4) is 0 Å². The van der Waals surface area contributed by atoms with Gasteiger partial charge in [0.1, 0.15) is 0 Å². The Hall–Kier alpha value is 1.64. The summed E-state index contributed by atoms with van der Waals surface area (Å²) in [5, 5.41) is 0. The molecular formula is C27H51Cl2NSiZr. The molecule has 5 aliphatic rings. The first-order valence-corrected chi connectivity index (χ1v) is 22.5. The Morgan fingerprint density at radius 3 is 1.91 bits per heavy atom. The number of rotatable bonds is 2. The van der Waals surface area contributed by atoms with E-state index in [4.69, 9.17) is 17.0 Å². The van der Waals surface area contributed by atoms with Crippen molar-refractivity contribution < 1.29 is 20.8 Å². The van der Waals surface area contributed by atoms with Gasteiger partial charge in [0.15, 0.2) is 0 Å². The van der Waals surface area contributed by atoms with Gasteiger partial charge in [0.05, 0.1) is 8.07 Å². The first-order valence-electron chi connectivity index (χ1n) is 13.0. The van der Waals surface area contributed by atoms with Gasteiger partial charge in [0.2, 0.25) is 0 Å². The molecule has 32 heavy (non-hydrogen) atoms. The number of nitrogens with zero attached hydrogens (tertiary/aromatic N) is 1. The molecule has 1 aliphatic heterocycles. The maximum atomic E-state index is 4.93. The van der Waals surface area contributed by atoms with Crippen LogP contribution in [-0.4, -0.2) is 32.1 Å². The van der Waals surface area contributed by atoms with Crippen LogP contribution in [0.2, 0.25) is 24.2 Å². The first kappa shape index (κ1) is 29.9. The van der Waals surface area contributed by atoms with Gasteiger partial charge in [-0.2, -0.15) is 0 Å². The van der Waals surface area contributed by atoms with Crippen molar-refractivity contribution in [1.82, 2.24) is 4.90 Å². The molecule has 0 aromatic rings. The number of likely N-dealkylation sites (tertiary alicyclic amines) is 1. The van der Waals surface area contributed by atoms with Gasteiger partial charge >= 0.3 is 37.9 Å². The van der Waals surface area contributed by atoms with Gasteiger partial charge in [-0.3, -0.25) is 4.90 Å². The van der Waals surface area contributed by atoms with Crippen molar-refractivity contribution >= 4 is 25.1 Å². The Balaban J connectivity index is 0.000000690. The molecule has 0 radical (unpaired) electrons. The Bertz CT molecular complexity index is 584. The van der Waals surface area contributed by atoms with Gasteiger partial charge in [-0.1, -0.05) is 71.9 Å². The minimum atomic E-state index is -1.21. The third-order valence-electron chi connectivity index (χ3n) is 10.8. The average molecular weight is 580 g/mol. The Kier molecular flexibility index (Phi) is 11.4. The van der Waals surface area contributed by atoms with Crippen molar-refractivity contribution in [1.29, 1.82) is 0 Å². The zero-order valence-corrected chi connectivity index (χ0v) is 27.0. The van der Waals surface area contributed by atoms with Crippen LogP contribution in [0.1, 0.15) is 78.1 Å². The molecule has 9 atom stereocenters. The summed E-state index contributed by atoms with van der Waals surface area (Å²) < 4.78 is 0. The number of halogens is 2. The van der Waals surface area contributed by atoms with E-state index in [1.807, 2.05) is 0 Å². The van der Waals surface area contributed by atoms with E-state index in [1.165, 1.54) is 32.1 Å². The van der Waals surface area contributed by atoms with Crippen molar-refractivity contribution in [2.45, 2.75) is 114 Å². The second kappa shape index (κ2) is 12.3. The maximum absolute atomic E-state index is 4.93. The predicted molar refractivity (Wildman–Crippen MR) is 143 cm³/mol. The number of fused-ring (bicyclic) bond motifs is 5. The fourth-order valence-electron chi connectivity index (χ4n) is 10.1. The van der Waals surface area contributed by atoms with Crippen LogP contribution in [0, 0.1) is 50.4 Å². The molecule has 1 heterocycles. The third kappa shape index (κ3) is 5.19. The van der Waals surface area contributed by atoms with Crippen molar-refractivity contribution in [3.05, 3.63) is 14.9 Å². The van der Waals surface area contributed by atoms with Gasteiger partial charge in [-0.05, 0) is 72.9 Å². The van der Waals surface area contributed by atoms with Crippen molar-refractivity contribution in [3.63, 3.8) is 0 Å². The van der Waals surface area contributed by atoms with Crippen LogP contribution in [0.3, 0.4) is 0 Å². The zero-order valence-electron chi connectivity index (χ0n) is 22.0. The molecule has 5 fully saturated rings. The fourth-order valence-corrected chi connectivity index (χ4v) is 15.5. The van der Waals surface area contributed by atoms with Gasteiger partial charge in [0, 0.05) is 12.1 Å². The Morgan fingerprint density at radius 2 is 1.31 bits per heavy atom. The average Bonchev–Trinajstić information content (AvgIpc) is 3.39. The summed E-state index contributed by atoms with van der Waals surface area (Å²) in [7, 11) is 11.2. The van der Waals surface area contributed by atoms with Gasteiger partial charge in [-0.15, -0.1) is 0 Å². The van der Waals surface area contributed by atoms with Crippen LogP contribution in [0.25, 0.3) is 0 Å². The van der Waals surface area contributed by atoms with Crippen LogP contribution in [0.15, 0.2) is 0 Å². The van der Waals surface area contributed by atoms with Gasteiger partial charge < -0.3 is 14.9 Å². The molecule has 0 N–H and O–H groups in total. The molecule has 0 aromatic carbocycles. The Morgan fingerprint density at radius 1 is 0.781 bits per heavy atom. The van der Waals surface area contributed by atoms with E-state index >= 15 is 0 Å². The van der Waals surface area contributed by atoms with Crippen LogP contribution in [0.4, 0.5) is 0 Å². The van der Waals surface area contributed by atoms with Gasteiger partial charge in [0.25, 0.3) is 0 Å². The van der Waals surface area contributed by atoms with Gasteiger partial charge in [-0.25, -0.2) is 0 Å². The van der Waals surface area contributed by atoms with E-state index in [1.54, 1.807) is 32.1 Å². The number of hydrogen-bond acceptors (Lipinski definition) is 1. The SMILES string of the molecule is CC1CC(C)C2C(C1)C1C(C3CCCCC3C1[Si](C)(C)C1CCCC1)N2C.[CH3-].[CH3-].[Cl][Zr+2][Cl]. The summed E-state index contributed by atoms with van der Waals surface area (Å²) in [6.07, 6.45) is 15.5. The van der Waals surface area contributed by atoms with E-state index in [2.05, 4.69) is 38.9 Å². The number of hydrogen-bond donors (Lipinski definition) is 0. The quantitative estimate of drug-likeness (QED) is 0.233. The first-order chi connectivity index (χ1) is 14.3. The summed E-state index contributed by atoms with van der Waals surface area (Å²) in [6, 6.07) is 1.87. The topological polar surface area (TPSA) is 3.24 Å². The molecule has 4 saturated carbocycles. The summed E-state index contributed by atoms with van der Waals surface area (Å²) in [5.41, 5.74) is 2.29. The van der Waals surface area contributed by atoms with Crippen LogP contribution < -0.4 is 0 Å². The van der Waals surface area contributed by atoms with E-state index < -0.39 is 28.9 Å². The summed E-state index contributed by atoms with van der Waals surface area (Å²) in [4.78, 5) is 2.99. The molecular weight excluding hydrogens is 529 g/mol. The van der Waals surface area contributed by atoms with E-state index in [0.717, 1.165) is 58.7 Å². The predicted octanol–water partition coefficient (Wildman–Crippen LogP) is 9.09. The third-order valence-corrected chi connectivity index (χ3v) is 16.0. The molecule has 1 nitrogen and oxygen atoms in total. The summed E-state index contributed by atoms with van der Waals surface area (Å²) in [5.74, 6) is 6.15. The van der Waals surface area contributed by atoms with E-state index in [-0.39, 0.29) is 14.9 Å². The normalized spacial score (nSPS) is 43.5. The summed E-state index contributed by atoms with van der Waals surface area (Å²) in [6.45, 7) is 10.9. The molecule has 5 heteroatoms.